The number of nitrogens with zero attached hydrogens (tertiary/aromatic N) is 4. The Kier molecular flexibility index (Phi) is 7.79. The Morgan fingerprint density at radius 2 is 1.87 bits per heavy atom. The quantitative estimate of drug-likeness (QED) is 0.321. The lowest BCUT2D eigenvalue weighted by molar-refractivity contribution is 0.145. The van der Waals surface area contributed by atoms with Gasteiger partial charge in [0.15, 0.2) is 5.96 Å². The van der Waals surface area contributed by atoms with Crippen molar-refractivity contribution in [2.24, 2.45) is 4.99 Å². The molecule has 0 spiro atoms. The number of rotatable bonds is 9. The van der Waals surface area contributed by atoms with Crippen LogP contribution in [0.5, 0.6) is 5.75 Å². The molecule has 0 fully saturated rings. The minimum Gasteiger partial charge on any atom is -0.491 e. The van der Waals surface area contributed by atoms with Crippen LogP contribution in [-0.4, -0.2) is 48.1 Å². The van der Waals surface area contributed by atoms with E-state index in [9.17, 15) is 0 Å². The van der Waals surface area contributed by atoms with Crippen molar-refractivity contribution in [1.82, 2.24) is 25.4 Å². The predicted molar refractivity (Wildman–Crippen MR) is 117 cm³/mol. The number of aryl methyl sites for hydroxylation is 1. The summed E-state index contributed by atoms with van der Waals surface area (Å²) < 4.78 is 12.7. The third kappa shape index (κ3) is 6.05. The lowest BCUT2D eigenvalue weighted by atomic mass is 10.1. The van der Waals surface area contributed by atoms with E-state index in [1.54, 1.807) is 25.2 Å². The van der Waals surface area contributed by atoms with Gasteiger partial charge < -0.3 is 20.1 Å². The van der Waals surface area contributed by atoms with E-state index in [2.05, 4.69) is 56.9 Å². The van der Waals surface area contributed by atoms with Crippen LogP contribution >= 0.6 is 0 Å². The van der Waals surface area contributed by atoms with Gasteiger partial charge in [0, 0.05) is 32.8 Å². The van der Waals surface area contributed by atoms with E-state index in [-0.39, 0.29) is 0 Å². The molecule has 0 atom stereocenters. The van der Waals surface area contributed by atoms with Gasteiger partial charge in [-0.1, -0.05) is 24.3 Å². The van der Waals surface area contributed by atoms with E-state index in [0.29, 0.717) is 26.3 Å². The molecular weight excluding hydrogens is 380 g/mol. The molecule has 158 valence electrons. The molecule has 3 rings (SSSR count). The first-order valence-electron chi connectivity index (χ1n) is 9.79. The average Bonchev–Trinajstić information content (AvgIpc) is 3.30. The van der Waals surface area contributed by atoms with Gasteiger partial charge in [0.05, 0.1) is 12.3 Å². The van der Waals surface area contributed by atoms with Crippen LogP contribution in [0, 0.1) is 6.92 Å². The molecule has 2 N–H and O–H groups in total. The van der Waals surface area contributed by atoms with E-state index in [0.717, 1.165) is 34.1 Å². The number of guanidine groups is 1. The molecule has 0 bridgehead atoms. The van der Waals surface area contributed by atoms with Crippen LogP contribution in [0.4, 0.5) is 0 Å². The first-order chi connectivity index (χ1) is 14.7. The molecule has 0 unspecified atom stereocenters. The van der Waals surface area contributed by atoms with Gasteiger partial charge in [-0.2, -0.15) is 5.10 Å². The summed E-state index contributed by atoms with van der Waals surface area (Å²) in [7, 11) is 3.42. The summed E-state index contributed by atoms with van der Waals surface area (Å²) in [5.74, 6) is 1.58. The molecule has 30 heavy (non-hydrogen) atoms. The second-order valence-corrected chi connectivity index (χ2v) is 6.74. The fourth-order valence-corrected chi connectivity index (χ4v) is 2.87. The number of ether oxygens (including phenoxy) is 2. The van der Waals surface area contributed by atoms with E-state index in [4.69, 9.17) is 9.47 Å². The highest BCUT2D eigenvalue weighted by Gasteiger charge is 2.06. The average molecular weight is 409 g/mol. The summed E-state index contributed by atoms with van der Waals surface area (Å²) >= 11 is 0. The first-order valence-corrected chi connectivity index (χ1v) is 9.79. The highest BCUT2D eigenvalue weighted by molar-refractivity contribution is 5.79. The largest absolute Gasteiger partial charge is 0.491 e. The molecule has 0 aliphatic heterocycles. The van der Waals surface area contributed by atoms with Gasteiger partial charge in [0.25, 0.3) is 0 Å². The highest BCUT2D eigenvalue weighted by Crippen LogP contribution is 2.20. The van der Waals surface area contributed by atoms with Gasteiger partial charge in [-0.25, -0.2) is 9.67 Å². The van der Waals surface area contributed by atoms with E-state index >= 15 is 0 Å². The number of nitrogens with one attached hydrogen (secondary N) is 2. The second-order valence-electron chi connectivity index (χ2n) is 6.74. The molecule has 0 saturated heterocycles. The summed E-state index contributed by atoms with van der Waals surface area (Å²) in [6, 6.07) is 14.3. The van der Waals surface area contributed by atoms with Crippen molar-refractivity contribution in [3.05, 3.63) is 71.8 Å². The molecule has 8 heteroatoms. The Balaban J connectivity index is 1.54. The molecule has 1 heterocycles. The zero-order chi connectivity index (χ0) is 21.2. The number of hydrogen-bond acceptors (Lipinski definition) is 5. The Morgan fingerprint density at radius 1 is 1.07 bits per heavy atom. The molecule has 0 aliphatic carbocycles. The summed E-state index contributed by atoms with van der Waals surface area (Å²) in [5, 5.41) is 10.8. The standard InChI is InChI=1S/C22H28N6O2/c1-17-4-7-19(21(12-17)30-11-10-29-3)14-26-22(23-2)25-13-18-5-8-20(9-6-18)28-16-24-15-27-28/h4-9,12,15-16H,10-11,13-14H2,1-3H3,(H2,23,25,26). The third-order valence-electron chi connectivity index (χ3n) is 4.52. The maximum absolute atomic E-state index is 5.86. The minimum absolute atomic E-state index is 0.518. The van der Waals surface area contributed by atoms with Crippen LogP contribution in [0.15, 0.2) is 60.1 Å². The number of aliphatic imine (C=N–C) groups is 1. The molecule has 0 radical (unpaired) electrons. The fraction of sp³-hybridized carbons (Fsp3) is 0.318. The lowest BCUT2D eigenvalue weighted by Crippen LogP contribution is -2.36. The predicted octanol–water partition coefficient (Wildman–Crippen LogP) is 2.47. The lowest BCUT2D eigenvalue weighted by Gasteiger charge is -2.15. The van der Waals surface area contributed by atoms with Crippen molar-refractivity contribution in [3.8, 4) is 11.4 Å². The first kappa shape index (κ1) is 21.3. The van der Waals surface area contributed by atoms with Crippen molar-refractivity contribution in [1.29, 1.82) is 0 Å². The summed E-state index contributed by atoms with van der Waals surface area (Å²) in [6.45, 7) is 4.38. The molecular formula is C22H28N6O2. The van der Waals surface area contributed by atoms with Crippen molar-refractivity contribution in [2.45, 2.75) is 20.0 Å². The minimum atomic E-state index is 0.518. The smallest absolute Gasteiger partial charge is 0.191 e. The van der Waals surface area contributed by atoms with Gasteiger partial charge in [-0.15, -0.1) is 0 Å². The van der Waals surface area contributed by atoms with Crippen LogP contribution in [0.3, 0.4) is 0 Å². The second kappa shape index (κ2) is 11.0. The monoisotopic (exact) mass is 408 g/mol. The highest BCUT2D eigenvalue weighted by atomic mass is 16.5. The molecule has 8 nitrogen and oxygen atoms in total. The van der Waals surface area contributed by atoms with Crippen LogP contribution in [0.2, 0.25) is 0 Å². The maximum Gasteiger partial charge on any atom is 0.191 e. The normalized spacial score (nSPS) is 11.4. The van der Waals surface area contributed by atoms with E-state index < -0.39 is 0 Å². The fourth-order valence-electron chi connectivity index (χ4n) is 2.87. The maximum atomic E-state index is 5.86. The number of benzene rings is 2. The Labute approximate surface area is 177 Å². The SMILES string of the molecule is CN=C(NCc1ccc(-n2cncn2)cc1)NCc1ccc(C)cc1OCCOC. The van der Waals surface area contributed by atoms with Crippen LogP contribution < -0.4 is 15.4 Å². The summed E-state index contributed by atoms with van der Waals surface area (Å²) in [6.07, 6.45) is 3.20. The van der Waals surface area contributed by atoms with Crippen molar-refractivity contribution >= 4 is 5.96 Å². The zero-order valence-electron chi connectivity index (χ0n) is 17.6. The molecule has 0 aliphatic rings. The number of hydrogen-bond donors (Lipinski definition) is 2. The van der Waals surface area contributed by atoms with Gasteiger partial charge in [-0.05, 0) is 36.2 Å². The van der Waals surface area contributed by atoms with E-state index in [1.165, 1.54) is 6.33 Å². The summed E-state index contributed by atoms with van der Waals surface area (Å²) in [5.41, 5.74) is 4.33. The van der Waals surface area contributed by atoms with Gasteiger partial charge >= 0.3 is 0 Å². The van der Waals surface area contributed by atoms with Crippen LogP contribution in [0.1, 0.15) is 16.7 Å². The number of methoxy groups -OCH3 is 1. The summed E-state index contributed by atoms with van der Waals surface area (Å²) in [4.78, 5) is 8.28. The van der Waals surface area contributed by atoms with Crippen molar-refractivity contribution in [2.75, 3.05) is 27.4 Å². The number of aromatic nitrogens is 3. The van der Waals surface area contributed by atoms with Crippen LogP contribution in [-0.2, 0) is 17.8 Å². The molecule has 1 aromatic heterocycles. The topological polar surface area (TPSA) is 85.6 Å². The Morgan fingerprint density at radius 3 is 2.57 bits per heavy atom. The van der Waals surface area contributed by atoms with Gasteiger partial charge in [0.2, 0.25) is 0 Å². The Bertz CT molecular complexity index is 939. The third-order valence-corrected chi connectivity index (χ3v) is 4.52. The molecule has 3 aromatic rings. The van der Waals surface area contributed by atoms with Gasteiger partial charge in [0.1, 0.15) is 25.0 Å². The van der Waals surface area contributed by atoms with Crippen LogP contribution in [0.25, 0.3) is 5.69 Å². The Hall–Kier alpha value is -3.39. The van der Waals surface area contributed by atoms with Crippen molar-refractivity contribution in [3.63, 3.8) is 0 Å². The van der Waals surface area contributed by atoms with E-state index in [1.807, 2.05) is 18.2 Å². The molecule has 0 saturated carbocycles. The van der Waals surface area contributed by atoms with Gasteiger partial charge in [-0.3, -0.25) is 4.99 Å². The zero-order valence-corrected chi connectivity index (χ0v) is 17.6. The van der Waals surface area contributed by atoms with Crippen molar-refractivity contribution < 1.29 is 9.47 Å². The molecule has 0 amide bonds. The molecule has 2 aromatic carbocycles.